The number of hydrogen-bond donors (Lipinski definition) is 6. The molecule has 13 nitrogen and oxygen atoms in total. The molecule has 14 heteroatoms. The lowest BCUT2D eigenvalue weighted by atomic mass is 9.85. The summed E-state index contributed by atoms with van der Waals surface area (Å²) < 4.78 is 33.5. The molecule has 1 aliphatic rings. The molecule has 1 rings (SSSR count). The molecule has 8 atom stereocenters. The molecular formula is C44H81O13P. The minimum atomic E-state index is -5.12. The lowest BCUT2D eigenvalue weighted by Gasteiger charge is -2.41. The Morgan fingerprint density at radius 3 is 1.45 bits per heavy atom. The summed E-state index contributed by atoms with van der Waals surface area (Å²) in [6.07, 6.45) is 23.8. The number of unbranched alkanes of at least 4 members (excludes halogenated alkanes) is 21. The first-order valence-electron chi connectivity index (χ1n) is 22.6. The number of rotatable bonds is 37. The van der Waals surface area contributed by atoms with Gasteiger partial charge in [0.25, 0.3) is 0 Å². The highest BCUT2D eigenvalue weighted by Gasteiger charge is 2.51. The molecule has 0 radical (unpaired) electrons. The van der Waals surface area contributed by atoms with Crippen molar-refractivity contribution in [3.63, 3.8) is 0 Å². The van der Waals surface area contributed by atoms with Crippen LogP contribution in [0.5, 0.6) is 0 Å². The average Bonchev–Trinajstić information content (AvgIpc) is 3.20. The van der Waals surface area contributed by atoms with Gasteiger partial charge in [-0.1, -0.05) is 160 Å². The third kappa shape index (κ3) is 27.2. The minimum absolute atomic E-state index is 0.0830. The van der Waals surface area contributed by atoms with Gasteiger partial charge in [-0.2, -0.15) is 0 Å². The van der Waals surface area contributed by atoms with Gasteiger partial charge >= 0.3 is 19.8 Å². The number of allylic oxidation sites excluding steroid dienone is 4. The lowest BCUT2D eigenvalue weighted by molar-refractivity contribution is -0.220. The van der Waals surface area contributed by atoms with Crippen LogP contribution in [0.4, 0.5) is 0 Å². The Kier molecular flexibility index (Phi) is 32.8. The third-order valence-electron chi connectivity index (χ3n) is 10.5. The van der Waals surface area contributed by atoms with Gasteiger partial charge < -0.3 is 39.9 Å². The van der Waals surface area contributed by atoms with E-state index in [1.54, 1.807) is 0 Å². The molecule has 0 aliphatic heterocycles. The molecule has 0 saturated heterocycles. The Balaban J connectivity index is 2.47. The second kappa shape index (κ2) is 35.0. The number of carbonyl (C=O) groups excluding carboxylic acids is 2. The maximum Gasteiger partial charge on any atom is 0.472 e. The van der Waals surface area contributed by atoms with E-state index >= 15 is 0 Å². The van der Waals surface area contributed by atoms with Gasteiger partial charge in [0.1, 0.15) is 43.2 Å². The zero-order valence-electron chi connectivity index (χ0n) is 35.8. The van der Waals surface area contributed by atoms with Gasteiger partial charge in [0, 0.05) is 12.8 Å². The van der Waals surface area contributed by atoms with Crippen LogP contribution in [-0.2, 0) is 32.7 Å². The molecular weight excluding hydrogens is 767 g/mol. The van der Waals surface area contributed by atoms with Crippen molar-refractivity contribution in [2.24, 2.45) is 0 Å². The molecule has 1 aliphatic carbocycles. The van der Waals surface area contributed by atoms with Crippen molar-refractivity contribution < 1.29 is 63.1 Å². The molecule has 6 unspecified atom stereocenters. The first kappa shape index (κ1) is 54.3. The minimum Gasteiger partial charge on any atom is -0.462 e. The summed E-state index contributed by atoms with van der Waals surface area (Å²) in [4.78, 5) is 35.6. The molecule has 0 aromatic rings. The van der Waals surface area contributed by atoms with Gasteiger partial charge in [-0.3, -0.25) is 18.6 Å². The van der Waals surface area contributed by atoms with Gasteiger partial charge in [0.05, 0.1) is 6.61 Å². The number of carbonyl (C=O) groups is 2. The summed E-state index contributed by atoms with van der Waals surface area (Å²) >= 11 is 0. The fourth-order valence-corrected chi connectivity index (χ4v) is 7.81. The van der Waals surface area contributed by atoms with E-state index < -0.39 is 75.7 Å². The van der Waals surface area contributed by atoms with Crippen LogP contribution in [0.2, 0.25) is 0 Å². The summed E-state index contributed by atoms with van der Waals surface area (Å²) in [5.41, 5.74) is 0. The molecule has 0 heterocycles. The Morgan fingerprint density at radius 2 is 0.948 bits per heavy atom. The van der Waals surface area contributed by atoms with Gasteiger partial charge in [-0.15, -0.1) is 0 Å². The van der Waals surface area contributed by atoms with Gasteiger partial charge in [0.15, 0.2) is 6.10 Å². The maximum atomic E-state index is 12.8. The smallest absolute Gasteiger partial charge is 0.462 e. The normalized spacial score (nSPS) is 22.7. The topological polar surface area (TPSA) is 210 Å². The highest BCUT2D eigenvalue weighted by molar-refractivity contribution is 7.47. The Bertz CT molecular complexity index is 1120. The summed E-state index contributed by atoms with van der Waals surface area (Å²) in [5, 5.41) is 50.1. The molecule has 0 amide bonds. The number of ether oxygens (including phenoxy) is 2. The highest BCUT2D eigenvalue weighted by Crippen LogP contribution is 2.47. The zero-order valence-corrected chi connectivity index (χ0v) is 36.7. The van der Waals surface area contributed by atoms with Crippen LogP contribution < -0.4 is 0 Å². The van der Waals surface area contributed by atoms with E-state index in [0.717, 1.165) is 64.2 Å². The van der Waals surface area contributed by atoms with Crippen LogP contribution in [0.3, 0.4) is 0 Å². The molecule has 6 N–H and O–H groups in total. The van der Waals surface area contributed by atoms with Gasteiger partial charge in [-0.25, -0.2) is 4.57 Å². The summed E-state index contributed by atoms with van der Waals surface area (Å²) in [7, 11) is -5.12. The molecule has 0 bridgehead atoms. The second-order valence-electron chi connectivity index (χ2n) is 15.9. The lowest BCUT2D eigenvalue weighted by Crippen LogP contribution is -2.64. The monoisotopic (exact) mass is 849 g/mol. The third-order valence-corrected chi connectivity index (χ3v) is 11.5. The largest absolute Gasteiger partial charge is 0.472 e. The first-order chi connectivity index (χ1) is 27.9. The fraction of sp³-hybridized carbons (Fsp3) is 0.864. The first-order valence-corrected chi connectivity index (χ1v) is 24.1. The van der Waals surface area contributed by atoms with Crippen LogP contribution in [-0.4, -0.2) is 98.3 Å². The maximum absolute atomic E-state index is 12.8. The Morgan fingerprint density at radius 1 is 0.534 bits per heavy atom. The van der Waals surface area contributed by atoms with E-state index in [1.165, 1.54) is 83.5 Å². The van der Waals surface area contributed by atoms with E-state index in [4.69, 9.17) is 18.5 Å². The number of aliphatic hydroxyl groups is 5. The van der Waals surface area contributed by atoms with Crippen molar-refractivity contribution in [2.45, 2.75) is 230 Å². The van der Waals surface area contributed by atoms with Crippen LogP contribution >= 0.6 is 7.82 Å². The van der Waals surface area contributed by atoms with Crippen molar-refractivity contribution in [1.82, 2.24) is 0 Å². The average molecular weight is 849 g/mol. The van der Waals surface area contributed by atoms with Crippen molar-refractivity contribution in [3.05, 3.63) is 24.3 Å². The number of hydrogen-bond acceptors (Lipinski definition) is 12. The van der Waals surface area contributed by atoms with E-state index in [1.807, 2.05) is 0 Å². The number of esters is 2. The number of aliphatic hydroxyl groups excluding tert-OH is 5. The molecule has 340 valence electrons. The summed E-state index contributed by atoms with van der Waals surface area (Å²) in [6, 6.07) is 0. The van der Waals surface area contributed by atoms with Crippen molar-refractivity contribution >= 4 is 19.8 Å². The van der Waals surface area contributed by atoms with Crippen LogP contribution in [0, 0.1) is 0 Å². The Hall–Kier alpha value is -1.67. The fourth-order valence-electron chi connectivity index (χ4n) is 6.83. The summed E-state index contributed by atoms with van der Waals surface area (Å²) in [5.74, 6) is -1.11. The predicted octanol–water partition coefficient (Wildman–Crippen LogP) is 8.45. The molecule has 1 saturated carbocycles. The van der Waals surface area contributed by atoms with Crippen LogP contribution in [0.1, 0.15) is 187 Å². The van der Waals surface area contributed by atoms with E-state index in [-0.39, 0.29) is 12.8 Å². The van der Waals surface area contributed by atoms with E-state index in [9.17, 15) is 44.6 Å². The molecule has 0 spiro atoms. The number of phosphoric acid groups is 1. The molecule has 1 fully saturated rings. The second-order valence-corrected chi connectivity index (χ2v) is 17.3. The molecule has 0 aromatic heterocycles. The Labute approximate surface area is 349 Å². The highest BCUT2D eigenvalue weighted by atomic mass is 31.2. The zero-order chi connectivity index (χ0) is 42.9. The number of phosphoric ester groups is 1. The molecule has 58 heavy (non-hydrogen) atoms. The van der Waals surface area contributed by atoms with Crippen LogP contribution in [0.15, 0.2) is 24.3 Å². The van der Waals surface area contributed by atoms with Crippen molar-refractivity contribution in [3.8, 4) is 0 Å². The molecule has 0 aromatic carbocycles. The SMILES string of the molecule is CCCC/C=C\C/C=C\CCCCCCCC(=O)O[C@H](COC(=O)CCCCCCCCCCCCCCCCC)COP(=O)(O)OC1C(O)C(O)C(O)[C@@H](O)C1O. The van der Waals surface area contributed by atoms with E-state index in [0.29, 0.717) is 12.8 Å². The van der Waals surface area contributed by atoms with Crippen molar-refractivity contribution in [1.29, 1.82) is 0 Å². The van der Waals surface area contributed by atoms with Gasteiger partial charge in [-0.05, 0) is 38.5 Å². The van der Waals surface area contributed by atoms with Crippen molar-refractivity contribution in [2.75, 3.05) is 13.2 Å². The summed E-state index contributed by atoms with van der Waals surface area (Å²) in [6.45, 7) is 3.25. The quantitative estimate of drug-likeness (QED) is 0.0150. The van der Waals surface area contributed by atoms with Crippen LogP contribution in [0.25, 0.3) is 0 Å². The van der Waals surface area contributed by atoms with Gasteiger partial charge in [0.2, 0.25) is 0 Å². The predicted molar refractivity (Wildman–Crippen MR) is 226 cm³/mol. The van der Waals surface area contributed by atoms with E-state index in [2.05, 4.69) is 38.2 Å². The standard InChI is InChI=1S/C44H81O13P/c1-3-5-7-9-11-13-15-17-19-21-22-24-26-28-30-32-37(45)54-34-36(35-55-58(52,53)57-44-42(50)40(48)39(47)41(49)43(44)51)56-38(46)33-31-29-27-25-23-20-18-16-14-12-10-8-6-4-2/h10,12,16,18,36,39-44,47-51H,3-9,11,13-15,17,19-35H2,1-2H3,(H,52,53)/b12-10-,18-16-/t36-,39?,40-,41?,42?,43?,44?/m1/s1.